The van der Waals surface area contributed by atoms with Gasteiger partial charge in [-0.25, -0.2) is 4.68 Å². The van der Waals surface area contributed by atoms with Crippen molar-refractivity contribution in [1.29, 1.82) is 0 Å². The molecule has 3 aromatic rings. The van der Waals surface area contributed by atoms with Crippen LogP contribution in [0.15, 0.2) is 29.2 Å². The highest BCUT2D eigenvalue weighted by atomic mass is 16.5. The SMILES string of the molecule is COc1ccc2[nH]c3c(=O)n(CCCN(C)C)ncc3c2c1. The Kier molecular flexibility index (Phi) is 3.85. The summed E-state index contributed by atoms with van der Waals surface area (Å²) >= 11 is 0. The van der Waals surface area contributed by atoms with Crippen molar-refractivity contribution >= 4 is 21.8 Å². The zero-order chi connectivity index (χ0) is 15.7. The smallest absolute Gasteiger partial charge is 0.291 e. The van der Waals surface area contributed by atoms with E-state index in [-0.39, 0.29) is 5.56 Å². The molecule has 0 aliphatic rings. The summed E-state index contributed by atoms with van der Waals surface area (Å²) in [5.41, 5.74) is 1.44. The molecule has 22 heavy (non-hydrogen) atoms. The Morgan fingerprint density at radius 1 is 1.32 bits per heavy atom. The van der Waals surface area contributed by atoms with Gasteiger partial charge < -0.3 is 14.6 Å². The van der Waals surface area contributed by atoms with Crippen LogP contribution in [-0.2, 0) is 6.54 Å². The minimum Gasteiger partial charge on any atom is -0.497 e. The van der Waals surface area contributed by atoms with Crippen molar-refractivity contribution < 1.29 is 4.74 Å². The van der Waals surface area contributed by atoms with Gasteiger partial charge in [0.25, 0.3) is 5.56 Å². The zero-order valence-electron chi connectivity index (χ0n) is 13.1. The summed E-state index contributed by atoms with van der Waals surface area (Å²) < 4.78 is 6.77. The standard InChI is InChI=1S/C16H20N4O2/c1-19(2)7-4-8-20-16(21)15-13(10-17-20)12-9-11(22-3)5-6-14(12)18-15/h5-6,9-10,18H,4,7-8H2,1-3H3. The largest absolute Gasteiger partial charge is 0.497 e. The third kappa shape index (κ3) is 2.57. The van der Waals surface area contributed by atoms with Crippen molar-refractivity contribution in [2.24, 2.45) is 0 Å². The summed E-state index contributed by atoms with van der Waals surface area (Å²) in [7, 11) is 5.67. The second kappa shape index (κ2) is 5.81. The van der Waals surface area contributed by atoms with Crippen LogP contribution in [0.1, 0.15) is 6.42 Å². The van der Waals surface area contributed by atoms with Gasteiger partial charge in [-0.2, -0.15) is 5.10 Å². The Hall–Kier alpha value is -2.34. The molecule has 1 aromatic carbocycles. The van der Waals surface area contributed by atoms with Crippen LogP contribution in [0.25, 0.3) is 21.8 Å². The van der Waals surface area contributed by atoms with Crippen LogP contribution in [0.5, 0.6) is 5.75 Å². The van der Waals surface area contributed by atoms with Crippen molar-refractivity contribution in [3.05, 3.63) is 34.7 Å². The highest BCUT2D eigenvalue weighted by Gasteiger charge is 2.11. The number of hydrogen-bond acceptors (Lipinski definition) is 4. The first kappa shape index (κ1) is 14.6. The van der Waals surface area contributed by atoms with E-state index in [1.807, 2.05) is 32.3 Å². The van der Waals surface area contributed by atoms with Crippen LogP contribution in [0.4, 0.5) is 0 Å². The highest BCUT2D eigenvalue weighted by Crippen LogP contribution is 2.26. The first-order chi connectivity index (χ1) is 10.6. The number of hydrogen-bond donors (Lipinski definition) is 1. The molecular formula is C16H20N4O2. The minimum atomic E-state index is -0.0774. The molecule has 1 N–H and O–H groups in total. The Bertz CT molecular complexity index is 864. The van der Waals surface area contributed by atoms with Crippen molar-refractivity contribution in [2.45, 2.75) is 13.0 Å². The topological polar surface area (TPSA) is 63.2 Å². The van der Waals surface area contributed by atoms with E-state index in [1.54, 1.807) is 13.3 Å². The molecule has 2 aromatic heterocycles. The number of benzene rings is 1. The van der Waals surface area contributed by atoms with Gasteiger partial charge in [-0.3, -0.25) is 4.79 Å². The lowest BCUT2D eigenvalue weighted by Gasteiger charge is -2.09. The summed E-state index contributed by atoms with van der Waals surface area (Å²) in [4.78, 5) is 17.8. The monoisotopic (exact) mass is 300 g/mol. The van der Waals surface area contributed by atoms with Gasteiger partial charge in [-0.15, -0.1) is 0 Å². The summed E-state index contributed by atoms with van der Waals surface area (Å²) in [6, 6.07) is 5.72. The van der Waals surface area contributed by atoms with Gasteiger partial charge in [0.1, 0.15) is 11.3 Å². The van der Waals surface area contributed by atoms with Crippen molar-refractivity contribution in [1.82, 2.24) is 19.7 Å². The average molecular weight is 300 g/mol. The molecule has 0 fully saturated rings. The van der Waals surface area contributed by atoms with Gasteiger partial charge in [0.2, 0.25) is 0 Å². The average Bonchev–Trinajstić information content (AvgIpc) is 2.88. The van der Waals surface area contributed by atoms with Gasteiger partial charge in [0.15, 0.2) is 0 Å². The number of nitrogens with zero attached hydrogens (tertiary/aromatic N) is 3. The van der Waals surface area contributed by atoms with E-state index < -0.39 is 0 Å². The molecule has 0 unspecified atom stereocenters. The number of ether oxygens (including phenoxy) is 1. The fraction of sp³-hybridized carbons (Fsp3) is 0.375. The van der Waals surface area contributed by atoms with Crippen LogP contribution >= 0.6 is 0 Å². The molecule has 0 saturated heterocycles. The third-order valence-corrected chi connectivity index (χ3v) is 3.80. The summed E-state index contributed by atoms with van der Waals surface area (Å²) in [5.74, 6) is 0.767. The second-order valence-electron chi connectivity index (χ2n) is 5.65. The molecule has 116 valence electrons. The van der Waals surface area contributed by atoms with E-state index in [1.165, 1.54) is 4.68 Å². The number of fused-ring (bicyclic) bond motifs is 3. The number of methoxy groups -OCH3 is 1. The number of aryl methyl sites for hydroxylation is 1. The molecule has 0 aliphatic heterocycles. The van der Waals surface area contributed by atoms with Crippen molar-refractivity contribution in [3.8, 4) is 5.75 Å². The molecule has 0 radical (unpaired) electrons. The lowest BCUT2D eigenvalue weighted by atomic mass is 10.2. The Balaban J connectivity index is 2.04. The minimum absolute atomic E-state index is 0.0774. The lowest BCUT2D eigenvalue weighted by molar-refractivity contribution is 0.378. The van der Waals surface area contributed by atoms with Gasteiger partial charge in [0, 0.05) is 22.8 Å². The molecule has 6 nitrogen and oxygen atoms in total. The van der Waals surface area contributed by atoms with E-state index in [9.17, 15) is 4.79 Å². The summed E-state index contributed by atoms with van der Waals surface area (Å²) in [5, 5.41) is 6.10. The molecular weight excluding hydrogens is 280 g/mol. The van der Waals surface area contributed by atoms with Crippen LogP contribution < -0.4 is 10.3 Å². The molecule has 0 spiro atoms. The zero-order valence-corrected chi connectivity index (χ0v) is 13.1. The molecule has 2 heterocycles. The van der Waals surface area contributed by atoms with E-state index in [0.717, 1.165) is 35.0 Å². The fourth-order valence-electron chi connectivity index (χ4n) is 2.63. The first-order valence-corrected chi connectivity index (χ1v) is 7.30. The number of rotatable bonds is 5. The van der Waals surface area contributed by atoms with E-state index >= 15 is 0 Å². The molecule has 0 bridgehead atoms. The molecule has 0 saturated carbocycles. The number of aromatic amines is 1. The van der Waals surface area contributed by atoms with Crippen LogP contribution in [-0.4, -0.2) is 47.4 Å². The predicted octanol–water partition coefficient (Wildman–Crippen LogP) is 1.84. The Morgan fingerprint density at radius 3 is 2.86 bits per heavy atom. The number of aromatic nitrogens is 3. The molecule has 0 amide bonds. The maximum absolute atomic E-state index is 12.6. The normalized spacial score (nSPS) is 11.6. The highest BCUT2D eigenvalue weighted by molar-refractivity contribution is 6.06. The van der Waals surface area contributed by atoms with E-state index in [2.05, 4.69) is 15.0 Å². The molecule has 0 atom stereocenters. The fourth-order valence-corrected chi connectivity index (χ4v) is 2.63. The van der Waals surface area contributed by atoms with Crippen LogP contribution in [0.2, 0.25) is 0 Å². The Labute approximate surface area is 128 Å². The van der Waals surface area contributed by atoms with Gasteiger partial charge in [0.05, 0.1) is 13.3 Å². The maximum atomic E-state index is 12.6. The van der Waals surface area contributed by atoms with Crippen molar-refractivity contribution in [2.75, 3.05) is 27.7 Å². The maximum Gasteiger partial charge on any atom is 0.291 e. The van der Waals surface area contributed by atoms with E-state index in [4.69, 9.17) is 4.74 Å². The number of nitrogens with one attached hydrogen (secondary N) is 1. The van der Waals surface area contributed by atoms with Crippen molar-refractivity contribution in [3.63, 3.8) is 0 Å². The van der Waals surface area contributed by atoms with Gasteiger partial charge >= 0.3 is 0 Å². The quantitative estimate of drug-likeness (QED) is 0.781. The van der Waals surface area contributed by atoms with Crippen LogP contribution in [0.3, 0.4) is 0 Å². The number of H-pyrrole nitrogens is 1. The molecule has 6 heteroatoms. The summed E-state index contributed by atoms with van der Waals surface area (Å²) in [6.45, 7) is 1.54. The van der Waals surface area contributed by atoms with Crippen LogP contribution in [0, 0.1) is 0 Å². The second-order valence-corrected chi connectivity index (χ2v) is 5.65. The predicted molar refractivity (Wildman–Crippen MR) is 87.6 cm³/mol. The lowest BCUT2D eigenvalue weighted by Crippen LogP contribution is -2.25. The third-order valence-electron chi connectivity index (χ3n) is 3.80. The summed E-state index contributed by atoms with van der Waals surface area (Å²) in [6.07, 6.45) is 2.64. The van der Waals surface area contributed by atoms with Gasteiger partial charge in [-0.1, -0.05) is 0 Å². The van der Waals surface area contributed by atoms with E-state index in [0.29, 0.717) is 12.1 Å². The van der Waals surface area contributed by atoms with Gasteiger partial charge in [-0.05, 0) is 45.3 Å². The molecule has 3 rings (SSSR count). The Morgan fingerprint density at radius 2 is 2.14 bits per heavy atom. The first-order valence-electron chi connectivity index (χ1n) is 7.30. The molecule has 0 aliphatic carbocycles.